The van der Waals surface area contributed by atoms with E-state index in [0.717, 1.165) is 35.4 Å². The smallest absolute Gasteiger partial charge is 0.260 e. The van der Waals surface area contributed by atoms with Gasteiger partial charge in [0.15, 0.2) is 18.2 Å². The molecule has 8 nitrogen and oxygen atoms in total. The highest BCUT2D eigenvalue weighted by atomic mass is 19.1. The van der Waals surface area contributed by atoms with Crippen molar-refractivity contribution in [2.75, 3.05) is 38.7 Å². The number of rotatable bonds is 6. The fraction of sp³-hybridized carbons (Fsp3) is 0.364. The normalized spacial score (nSPS) is 15.8. The number of nitrogens with zero attached hydrogens (tertiary/aromatic N) is 6. The van der Waals surface area contributed by atoms with Crippen molar-refractivity contribution in [1.82, 2.24) is 24.6 Å². The highest BCUT2D eigenvalue weighted by Crippen LogP contribution is 2.34. The van der Waals surface area contributed by atoms with Gasteiger partial charge in [-0.25, -0.2) is 18.7 Å². The quantitative estimate of drug-likeness (QED) is 0.584. The number of likely N-dealkylation sites (tertiary alicyclic amines) is 1. The Morgan fingerprint density at radius 3 is 2.78 bits per heavy atom. The van der Waals surface area contributed by atoms with Crippen molar-refractivity contribution >= 4 is 11.9 Å². The molecule has 1 aromatic carbocycles. The first-order valence-electron chi connectivity index (χ1n) is 10.2. The number of anilines is 1. The van der Waals surface area contributed by atoms with Gasteiger partial charge in [0.1, 0.15) is 5.82 Å². The molecule has 1 atom stereocenters. The Kier molecular flexibility index (Phi) is 6.02. The molecule has 0 N–H and O–H groups in total. The zero-order chi connectivity index (χ0) is 22.8. The van der Waals surface area contributed by atoms with Crippen LogP contribution in [-0.2, 0) is 11.8 Å². The summed E-state index contributed by atoms with van der Waals surface area (Å²) < 4.78 is 33.8. The van der Waals surface area contributed by atoms with E-state index in [9.17, 15) is 13.6 Å². The molecular weight excluding hydrogens is 418 g/mol. The summed E-state index contributed by atoms with van der Waals surface area (Å²) in [6.07, 6.45) is 6.19. The molecule has 0 spiro atoms. The van der Waals surface area contributed by atoms with E-state index in [-0.39, 0.29) is 24.2 Å². The molecule has 3 heterocycles. The maximum Gasteiger partial charge on any atom is 0.260 e. The van der Waals surface area contributed by atoms with Gasteiger partial charge in [-0.2, -0.15) is 5.10 Å². The Balaban J connectivity index is 1.49. The number of hydrogen-bond acceptors (Lipinski definition) is 6. The molecule has 3 aromatic rings. The maximum atomic E-state index is 13.8. The lowest BCUT2D eigenvalue weighted by atomic mass is 9.97. The summed E-state index contributed by atoms with van der Waals surface area (Å²) in [6.45, 7) is 0.676. The minimum absolute atomic E-state index is 0.0124. The Hall–Kier alpha value is -3.56. The SMILES string of the molecule is CN(C)c1ncc(-c2cnn(C)c2)c(C2CCN(C(=O)COc3ccc(F)cc3F)C2)n1. The van der Waals surface area contributed by atoms with Gasteiger partial charge in [-0.15, -0.1) is 0 Å². The van der Waals surface area contributed by atoms with Crippen LogP contribution in [0.5, 0.6) is 5.75 Å². The minimum Gasteiger partial charge on any atom is -0.481 e. The van der Waals surface area contributed by atoms with Crippen LogP contribution in [0.2, 0.25) is 0 Å². The summed E-state index contributed by atoms with van der Waals surface area (Å²) in [5.41, 5.74) is 2.65. The van der Waals surface area contributed by atoms with Crippen LogP contribution < -0.4 is 9.64 Å². The van der Waals surface area contributed by atoms with Crippen molar-refractivity contribution in [2.24, 2.45) is 7.05 Å². The van der Waals surface area contributed by atoms with Crippen LogP contribution in [-0.4, -0.2) is 64.3 Å². The molecule has 32 heavy (non-hydrogen) atoms. The number of aromatic nitrogens is 4. The molecule has 1 fully saturated rings. The van der Waals surface area contributed by atoms with Crippen LogP contribution in [0, 0.1) is 11.6 Å². The molecule has 1 amide bonds. The number of benzene rings is 1. The number of halogens is 2. The summed E-state index contributed by atoms with van der Waals surface area (Å²) in [4.78, 5) is 25.4. The third kappa shape index (κ3) is 4.53. The predicted molar refractivity (Wildman–Crippen MR) is 114 cm³/mol. The van der Waals surface area contributed by atoms with E-state index in [1.165, 1.54) is 6.07 Å². The predicted octanol–water partition coefficient (Wildman–Crippen LogP) is 2.62. The van der Waals surface area contributed by atoms with Crippen molar-refractivity contribution in [3.05, 3.63) is 54.1 Å². The Morgan fingerprint density at radius 1 is 1.28 bits per heavy atom. The van der Waals surface area contributed by atoms with Gasteiger partial charge in [0.05, 0.1) is 11.9 Å². The van der Waals surface area contributed by atoms with E-state index in [1.54, 1.807) is 22.0 Å². The first-order valence-corrected chi connectivity index (χ1v) is 10.2. The van der Waals surface area contributed by atoms with Crippen LogP contribution in [0.3, 0.4) is 0 Å². The number of ether oxygens (including phenoxy) is 1. The fourth-order valence-electron chi connectivity index (χ4n) is 3.73. The van der Waals surface area contributed by atoms with Crippen LogP contribution in [0.4, 0.5) is 14.7 Å². The van der Waals surface area contributed by atoms with E-state index >= 15 is 0 Å². The van der Waals surface area contributed by atoms with E-state index in [0.29, 0.717) is 19.0 Å². The summed E-state index contributed by atoms with van der Waals surface area (Å²) in [6, 6.07) is 2.99. The van der Waals surface area contributed by atoms with E-state index in [1.807, 2.05) is 32.2 Å². The lowest BCUT2D eigenvalue weighted by Crippen LogP contribution is -2.33. The van der Waals surface area contributed by atoms with Crippen molar-refractivity contribution in [1.29, 1.82) is 0 Å². The third-order valence-corrected chi connectivity index (χ3v) is 5.39. The fourth-order valence-corrected chi connectivity index (χ4v) is 3.73. The zero-order valence-electron chi connectivity index (χ0n) is 18.1. The summed E-state index contributed by atoms with van der Waals surface area (Å²) in [5, 5.41) is 4.24. The Morgan fingerprint density at radius 2 is 2.09 bits per heavy atom. The van der Waals surface area contributed by atoms with Gasteiger partial charge in [-0.1, -0.05) is 0 Å². The molecule has 2 aromatic heterocycles. The monoisotopic (exact) mass is 442 g/mol. The van der Waals surface area contributed by atoms with Gasteiger partial charge in [0.25, 0.3) is 5.91 Å². The number of hydrogen-bond donors (Lipinski definition) is 0. The van der Waals surface area contributed by atoms with E-state index in [4.69, 9.17) is 9.72 Å². The molecule has 10 heteroatoms. The average Bonchev–Trinajstić information content (AvgIpc) is 3.42. The molecule has 1 unspecified atom stereocenters. The molecule has 1 saturated heterocycles. The number of carbonyl (C=O) groups is 1. The molecule has 0 saturated carbocycles. The highest BCUT2D eigenvalue weighted by Gasteiger charge is 2.31. The van der Waals surface area contributed by atoms with Crippen LogP contribution in [0.25, 0.3) is 11.1 Å². The lowest BCUT2D eigenvalue weighted by molar-refractivity contribution is -0.132. The third-order valence-electron chi connectivity index (χ3n) is 5.39. The Labute approximate surface area is 184 Å². The number of amides is 1. The molecule has 0 radical (unpaired) electrons. The largest absolute Gasteiger partial charge is 0.481 e. The van der Waals surface area contributed by atoms with E-state index < -0.39 is 11.6 Å². The molecular formula is C22H24F2N6O2. The summed E-state index contributed by atoms with van der Waals surface area (Å²) in [5.74, 6) is -1.35. The van der Waals surface area contributed by atoms with Crippen LogP contribution in [0.15, 0.2) is 36.8 Å². The standard InChI is InChI=1S/C22H24F2N6O2/c1-28(2)22-25-10-17(15-9-26-29(3)11-15)21(27-22)14-6-7-30(12-14)20(31)13-32-19-5-4-16(23)8-18(19)24/h4-5,8-11,14H,6-7,12-13H2,1-3H3. The van der Waals surface area contributed by atoms with E-state index in [2.05, 4.69) is 10.1 Å². The maximum absolute atomic E-state index is 13.8. The minimum atomic E-state index is -0.838. The van der Waals surface area contributed by atoms with Gasteiger partial charge in [0, 0.05) is 69.7 Å². The number of aryl methyl sites for hydroxylation is 1. The molecule has 0 bridgehead atoms. The van der Waals surface area contributed by atoms with Crippen LogP contribution in [0.1, 0.15) is 18.0 Å². The van der Waals surface area contributed by atoms with Gasteiger partial charge in [-0.05, 0) is 18.6 Å². The van der Waals surface area contributed by atoms with Gasteiger partial charge >= 0.3 is 0 Å². The first-order chi connectivity index (χ1) is 15.3. The van der Waals surface area contributed by atoms with Gasteiger partial charge < -0.3 is 14.5 Å². The van der Waals surface area contributed by atoms with Gasteiger partial charge in [-0.3, -0.25) is 9.48 Å². The molecule has 1 aliphatic rings. The summed E-state index contributed by atoms with van der Waals surface area (Å²) >= 11 is 0. The Bertz CT molecular complexity index is 1130. The van der Waals surface area contributed by atoms with Crippen molar-refractivity contribution in [3.63, 3.8) is 0 Å². The average molecular weight is 442 g/mol. The van der Waals surface area contributed by atoms with Crippen molar-refractivity contribution in [3.8, 4) is 16.9 Å². The molecule has 4 rings (SSSR count). The molecule has 168 valence electrons. The topological polar surface area (TPSA) is 76.4 Å². The summed E-state index contributed by atoms with van der Waals surface area (Å²) in [7, 11) is 5.59. The highest BCUT2D eigenvalue weighted by molar-refractivity contribution is 5.78. The van der Waals surface area contributed by atoms with Crippen molar-refractivity contribution < 1.29 is 18.3 Å². The number of carbonyl (C=O) groups excluding carboxylic acids is 1. The first kappa shape index (κ1) is 21.7. The second-order valence-electron chi connectivity index (χ2n) is 7.95. The second kappa shape index (κ2) is 8.89. The zero-order valence-corrected chi connectivity index (χ0v) is 18.1. The van der Waals surface area contributed by atoms with Crippen LogP contribution >= 0.6 is 0 Å². The molecule has 1 aliphatic heterocycles. The second-order valence-corrected chi connectivity index (χ2v) is 7.95. The van der Waals surface area contributed by atoms with Gasteiger partial charge in [0.2, 0.25) is 5.95 Å². The lowest BCUT2D eigenvalue weighted by Gasteiger charge is -2.19. The molecule has 0 aliphatic carbocycles. The van der Waals surface area contributed by atoms with Crippen molar-refractivity contribution in [2.45, 2.75) is 12.3 Å².